The third-order valence-corrected chi connectivity index (χ3v) is 3.45. The highest BCUT2D eigenvalue weighted by atomic mass is 35.5. The Morgan fingerprint density at radius 3 is 2.28 bits per heavy atom. The molecule has 2 aromatic carbocycles. The maximum atomic E-state index is 14.6. The zero-order chi connectivity index (χ0) is 18.6. The van der Waals surface area contributed by atoms with Gasteiger partial charge in [-0.05, 0) is 48.0 Å². The highest BCUT2D eigenvalue weighted by Gasteiger charge is 2.29. The molecule has 0 atom stereocenters. The van der Waals surface area contributed by atoms with Gasteiger partial charge in [-0.1, -0.05) is 6.07 Å². The van der Waals surface area contributed by atoms with Gasteiger partial charge in [-0.25, -0.2) is 13.7 Å². The van der Waals surface area contributed by atoms with Gasteiger partial charge in [0.1, 0.15) is 12.4 Å². The lowest BCUT2D eigenvalue weighted by Crippen LogP contribution is -2.40. The SMILES string of the molecule is COCC(=O)N(C(=O)c1ccc(F)cc1)c1cccc(C(=O)Cl)c1F. The molecule has 0 aliphatic carbocycles. The molecule has 5 nitrogen and oxygen atoms in total. The number of halogens is 3. The molecule has 2 amide bonds. The molecule has 25 heavy (non-hydrogen) atoms. The lowest BCUT2D eigenvalue weighted by molar-refractivity contribution is -0.121. The lowest BCUT2D eigenvalue weighted by atomic mass is 10.1. The predicted molar refractivity (Wildman–Crippen MR) is 86.7 cm³/mol. The number of ether oxygens (including phenoxy) is 1. The van der Waals surface area contributed by atoms with Crippen molar-refractivity contribution in [2.24, 2.45) is 0 Å². The van der Waals surface area contributed by atoms with Gasteiger partial charge in [-0.2, -0.15) is 0 Å². The first-order valence-electron chi connectivity index (χ1n) is 6.97. The average Bonchev–Trinajstić information content (AvgIpc) is 2.57. The Labute approximate surface area is 146 Å². The number of anilines is 1. The molecular weight excluding hydrogens is 356 g/mol. The topological polar surface area (TPSA) is 63.7 Å². The van der Waals surface area contributed by atoms with Crippen LogP contribution < -0.4 is 4.90 Å². The molecule has 2 rings (SSSR count). The Balaban J connectivity index is 2.56. The Morgan fingerprint density at radius 1 is 1.08 bits per heavy atom. The number of benzene rings is 2. The quantitative estimate of drug-likeness (QED) is 0.761. The van der Waals surface area contributed by atoms with Gasteiger partial charge in [0.2, 0.25) is 0 Å². The number of rotatable bonds is 5. The van der Waals surface area contributed by atoms with Gasteiger partial charge >= 0.3 is 0 Å². The first kappa shape index (κ1) is 18.7. The number of nitrogens with zero attached hydrogens (tertiary/aromatic N) is 1. The second-order valence-electron chi connectivity index (χ2n) is 4.89. The Hall–Kier alpha value is -2.64. The van der Waals surface area contributed by atoms with E-state index in [1.165, 1.54) is 13.2 Å². The van der Waals surface area contributed by atoms with E-state index < -0.39 is 46.5 Å². The Kier molecular flexibility index (Phi) is 5.95. The minimum Gasteiger partial charge on any atom is -0.375 e. The van der Waals surface area contributed by atoms with Crippen molar-refractivity contribution in [2.75, 3.05) is 18.6 Å². The second-order valence-corrected chi connectivity index (χ2v) is 5.23. The fourth-order valence-electron chi connectivity index (χ4n) is 2.11. The molecule has 2 aromatic rings. The highest BCUT2D eigenvalue weighted by molar-refractivity contribution is 6.67. The van der Waals surface area contributed by atoms with E-state index in [-0.39, 0.29) is 5.56 Å². The number of amides is 2. The maximum absolute atomic E-state index is 14.6. The van der Waals surface area contributed by atoms with Crippen LogP contribution in [0.5, 0.6) is 0 Å². The number of hydrogen-bond donors (Lipinski definition) is 0. The van der Waals surface area contributed by atoms with Crippen LogP contribution in [-0.2, 0) is 9.53 Å². The van der Waals surface area contributed by atoms with Crippen LogP contribution in [-0.4, -0.2) is 30.8 Å². The summed E-state index contributed by atoms with van der Waals surface area (Å²) >= 11 is 5.31. The van der Waals surface area contributed by atoms with Crippen molar-refractivity contribution in [1.29, 1.82) is 0 Å². The van der Waals surface area contributed by atoms with Crippen molar-refractivity contribution in [2.45, 2.75) is 0 Å². The van der Waals surface area contributed by atoms with Gasteiger partial charge in [0.15, 0.2) is 5.82 Å². The van der Waals surface area contributed by atoms with E-state index in [0.717, 1.165) is 36.4 Å². The van der Waals surface area contributed by atoms with Crippen LogP contribution in [0.1, 0.15) is 20.7 Å². The second kappa shape index (κ2) is 7.96. The Bertz CT molecular complexity index is 824. The first-order valence-corrected chi connectivity index (χ1v) is 7.34. The largest absolute Gasteiger partial charge is 0.375 e. The van der Waals surface area contributed by atoms with E-state index in [2.05, 4.69) is 0 Å². The summed E-state index contributed by atoms with van der Waals surface area (Å²) < 4.78 is 32.3. The zero-order valence-corrected chi connectivity index (χ0v) is 13.7. The van der Waals surface area contributed by atoms with E-state index in [1.807, 2.05) is 0 Å². The molecule has 0 aromatic heterocycles. The molecule has 130 valence electrons. The predicted octanol–water partition coefficient (Wildman–Crippen LogP) is 3.16. The molecule has 0 saturated heterocycles. The average molecular weight is 368 g/mol. The van der Waals surface area contributed by atoms with Gasteiger partial charge in [0.05, 0.1) is 11.3 Å². The smallest absolute Gasteiger partial charge is 0.265 e. The van der Waals surface area contributed by atoms with Crippen LogP contribution in [0.4, 0.5) is 14.5 Å². The molecule has 0 N–H and O–H groups in total. The minimum atomic E-state index is -1.12. The maximum Gasteiger partial charge on any atom is 0.265 e. The van der Waals surface area contributed by atoms with E-state index >= 15 is 0 Å². The van der Waals surface area contributed by atoms with Gasteiger partial charge < -0.3 is 4.74 Å². The van der Waals surface area contributed by atoms with E-state index in [9.17, 15) is 23.2 Å². The molecule has 8 heteroatoms. The number of hydrogen-bond acceptors (Lipinski definition) is 4. The summed E-state index contributed by atoms with van der Waals surface area (Å²) in [4.78, 5) is 36.7. The minimum absolute atomic E-state index is 0.0483. The van der Waals surface area contributed by atoms with Crippen LogP contribution in [0.2, 0.25) is 0 Å². The summed E-state index contributed by atoms with van der Waals surface area (Å²) in [6.45, 7) is -0.509. The van der Waals surface area contributed by atoms with Crippen LogP contribution in [0.15, 0.2) is 42.5 Å². The number of imide groups is 1. The fourth-order valence-corrected chi connectivity index (χ4v) is 2.26. The number of carbonyl (C=O) groups is 3. The third-order valence-electron chi connectivity index (χ3n) is 3.24. The van der Waals surface area contributed by atoms with Gasteiger partial charge in [-0.15, -0.1) is 0 Å². The highest BCUT2D eigenvalue weighted by Crippen LogP contribution is 2.25. The first-order chi connectivity index (χ1) is 11.9. The number of methoxy groups -OCH3 is 1. The summed E-state index contributed by atoms with van der Waals surface area (Å²) in [7, 11) is 1.23. The van der Waals surface area contributed by atoms with Crippen molar-refractivity contribution < 1.29 is 27.9 Å². The summed E-state index contributed by atoms with van der Waals surface area (Å²) in [6.07, 6.45) is 0. The summed E-state index contributed by atoms with van der Waals surface area (Å²) in [6, 6.07) is 7.91. The molecule has 0 bridgehead atoms. The summed E-state index contributed by atoms with van der Waals surface area (Å²) in [5.74, 6) is -3.47. The van der Waals surface area contributed by atoms with Crippen LogP contribution in [0.25, 0.3) is 0 Å². The van der Waals surface area contributed by atoms with Crippen molar-refractivity contribution in [3.63, 3.8) is 0 Å². The van der Waals surface area contributed by atoms with Gasteiger partial charge in [0.25, 0.3) is 17.1 Å². The standard InChI is InChI=1S/C17H12ClF2NO4/c1-25-9-14(22)21(17(24)10-5-7-11(19)8-6-10)13-4-2-3-12(15(13)20)16(18)23/h2-8H,9H2,1H3. The third kappa shape index (κ3) is 4.07. The van der Waals surface area contributed by atoms with Crippen LogP contribution in [0, 0.1) is 11.6 Å². The molecule has 0 saturated carbocycles. The number of carbonyl (C=O) groups excluding carboxylic acids is 3. The molecule has 0 aliphatic heterocycles. The normalized spacial score (nSPS) is 10.4. The van der Waals surface area contributed by atoms with E-state index in [1.54, 1.807) is 0 Å². The summed E-state index contributed by atoms with van der Waals surface area (Å²) in [5, 5.41) is -1.08. The molecule has 0 heterocycles. The molecular formula is C17H12ClF2NO4. The van der Waals surface area contributed by atoms with Gasteiger partial charge in [-0.3, -0.25) is 14.4 Å². The van der Waals surface area contributed by atoms with Crippen molar-refractivity contribution >= 4 is 34.3 Å². The van der Waals surface area contributed by atoms with Gasteiger partial charge in [0, 0.05) is 12.7 Å². The van der Waals surface area contributed by atoms with E-state index in [4.69, 9.17) is 16.3 Å². The fraction of sp³-hybridized carbons (Fsp3) is 0.118. The zero-order valence-electron chi connectivity index (χ0n) is 13.0. The lowest BCUT2D eigenvalue weighted by Gasteiger charge is -2.22. The van der Waals surface area contributed by atoms with Crippen molar-refractivity contribution in [3.8, 4) is 0 Å². The molecule has 0 spiro atoms. The monoisotopic (exact) mass is 367 g/mol. The van der Waals surface area contributed by atoms with E-state index in [0.29, 0.717) is 4.90 Å². The van der Waals surface area contributed by atoms with Crippen LogP contribution >= 0.6 is 11.6 Å². The molecule has 0 aliphatic rings. The van der Waals surface area contributed by atoms with Crippen molar-refractivity contribution in [1.82, 2.24) is 0 Å². The summed E-state index contributed by atoms with van der Waals surface area (Å²) in [5.41, 5.74) is -0.989. The molecule has 0 fully saturated rings. The van der Waals surface area contributed by atoms with Crippen molar-refractivity contribution in [3.05, 3.63) is 65.2 Å². The molecule has 0 unspecified atom stereocenters. The Morgan fingerprint density at radius 2 is 1.72 bits per heavy atom. The van der Waals surface area contributed by atoms with Crippen LogP contribution in [0.3, 0.4) is 0 Å². The molecule has 0 radical (unpaired) electrons.